The average molecular weight is 377 g/mol. The first kappa shape index (κ1) is 17.8. The Kier molecular flexibility index (Phi) is 4.75. The minimum atomic E-state index is 0.175. The molecule has 0 saturated heterocycles. The molecule has 0 bridgehead atoms. The third-order valence-corrected chi connectivity index (χ3v) is 5.18. The summed E-state index contributed by atoms with van der Waals surface area (Å²) in [5, 5.41) is 2.68. The predicted octanol–water partition coefficient (Wildman–Crippen LogP) is 5.44. The minimum absolute atomic E-state index is 0.175. The molecule has 1 unspecified atom stereocenters. The quantitative estimate of drug-likeness (QED) is 0.475. The lowest BCUT2D eigenvalue weighted by Gasteiger charge is -2.13. The summed E-state index contributed by atoms with van der Waals surface area (Å²) < 4.78 is 0. The Morgan fingerprint density at radius 2 is 1.81 bits per heavy atom. The van der Waals surface area contributed by atoms with E-state index < -0.39 is 0 Å². The van der Waals surface area contributed by atoms with Crippen LogP contribution in [0.15, 0.2) is 42.6 Å². The lowest BCUT2D eigenvalue weighted by Crippen LogP contribution is -2.06. The normalized spacial score (nSPS) is 12.6. The van der Waals surface area contributed by atoms with Crippen LogP contribution in [-0.4, -0.2) is 19.9 Å². The first-order valence-electron chi connectivity index (χ1n) is 9.22. The SMILES string of the molecule is CCc1ncc2c(Cl)cc(CC(C)c3nc(C)c4ccccc4n3)cc2n1. The van der Waals surface area contributed by atoms with Crippen LogP contribution in [0.2, 0.25) is 5.02 Å². The van der Waals surface area contributed by atoms with Gasteiger partial charge in [0, 0.05) is 35.0 Å². The molecule has 1 atom stereocenters. The van der Waals surface area contributed by atoms with Crippen LogP contribution in [0.3, 0.4) is 0 Å². The van der Waals surface area contributed by atoms with Crippen molar-refractivity contribution in [1.29, 1.82) is 0 Å². The van der Waals surface area contributed by atoms with Crippen LogP contribution in [0.25, 0.3) is 21.8 Å². The Hall–Kier alpha value is -2.59. The van der Waals surface area contributed by atoms with Crippen molar-refractivity contribution in [3.05, 3.63) is 70.5 Å². The second-order valence-corrected chi connectivity index (χ2v) is 7.35. The fourth-order valence-corrected chi connectivity index (χ4v) is 3.68. The second-order valence-electron chi connectivity index (χ2n) is 6.94. The van der Waals surface area contributed by atoms with Crippen LogP contribution in [0, 0.1) is 6.92 Å². The Morgan fingerprint density at radius 3 is 2.63 bits per heavy atom. The van der Waals surface area contributed by atoms with E-state index in [0.29, 0.717) is 5.02 Å². The molecule has 2 aromatic carbocycles. The Balaban J connectivity index is 1.69. The van der Waals surface area contributed by atoms with Crippen molar-refractivity contribution >= 4 is 33.4 Å². The number of hydrogen-bond acceptors (Lipinski definition) is 4. The summed E-state index contributed by atoms with van der Waals surface area (Å²) in [6.07, 6.45) is 3.42. The average Bonchev–Trinajstić information content (AvgIpc) is 2.67. The van der Waals surface area contributed by atoms with Crippen LogP contribution >= 0.6 is 11.6 Å². The van der Waals surface area contributed by atoms with Gasteiger partial charge in [-0.3, -0.25) is 0 Å². The van der Waals surface area contributed by atoms with E-state index in [1.807, 2.05) is 44.3 Å². The highest BCUT2D eigenvalue weighted by Gasteiger charge is 2.14. The van der Waals surface area contributed by atoms with E-state index in [4.69, 9.17) is 21.6 Å². The molecule has 0 fully saturated rings. The Bertz CT molecular complexity index is 1140. The molecule has 0 aliphatic carbocycles. The molecule has 0 aliphatic heterocycles. The largest absolute Gasteiger partial charge is 0.241 e. The van der Waals surface area contributed by atoms with Crippen LogP contribution in [-0.2, 0) is 12.8 Å². The van der Waals surface area contributed by atoms with Crippen molar-refractivity contribution in [2.75, 3.05) is 0 Å². The number of rotatable bonds is 4. The second kappa shape index (κ2) is 7.20. The summed E-state index contributed by atoms with van der Waals surface area (Å²) >= 11 is 6.48. The van der Waals surface area contributed by atoms with E-state index in [0.717, 1.165) is 57.6 Å². The minimum Gasteiger partial charge on any atom is -0.241 e. The van der Waals surface area contributed by atoms with Gasteiger partial charge in [0.1, 0.15) is 11.6 Å². The van der Waals surface area contributed by atoms with E-state index in [-0.39, 0.29) is 5.92 Å². The maximum absolute atomic E-state index is 6.48. The molecular formula is C22H21ClN4. The highest BCUT2D eigenvalue weighted by Crippen LogP contribution is 2.27. The highest BCUT2D eigenvalue weighted by atomic mass is 35.5. The molecule has 136 valence electrons. The summed E-state index contributed by atoms with van der Waals surface area (Å²) in [6, 6.07) is 12.2. The van der Waals surface area contributed by atoms with E-state index in [2.05, 4.69) is 29.0 Å². The zero-order chi connectivity index (χ0) is 19.0. The first-order valence-corrected chi connectivity index (χ1v) is 9.60. The van der Waals surface area contributed by atoms with Crippen LogP contribution in [0.5, 0.6) is 0 Å². The van der Waals surface area contributed by atoms with Gasteiger partial charge in [-0.2, -0.15) is 0 Å². The number of aromatic nitrogens is 4. The molecular weight excluding hydrogens is 356 g/mol. The van der Waals surface area contributed by atoms with E-state index in [1.165, 1.54) is 0 Å². The molecule has 0 spiro atoms. The number of fused-ring (bicyclic) bond motifs is 2. The number of aryl methyl sites for hydroxylation is 2. The number of hydrogen-bond donors (Lipinski definition) is 0. The van der Waals surface area contributed by atoms with Crippen molar-refractivity contribution in [1.82, 2.24) is 19.9 Å². The van der Waals surface area contributed by atoms with Crippen LogP contribution in [0.4, 0.5) is 0 Å². The van der Waals surface area contributed by atoms with Gasteiger partial charge in [0.25, 0.3) is 0 Å². The van der Waals surface area contributed by atoms with E-state index >= 15 is 0 Å². The van der Waals surface area contributed by atoms with Gasteiger partial charge < -0.3 is 0 Å². The van der Waals surface area contributed by atoms with Gasteiger partial charge in [0.2, 0.25) is 0 Å². The number of nitrogens with zero attached hydrogens (tertiary/aromatic N) is 4. The monoisotopic (exact) mass is 376 g/mol. The molecule has 0 N–H and O–H groups in total. The first-order chi connectivity index (χ1) is 13.0. The zero-order valence-corrected chi connectivity index (χ0v) is 16.5. The van der Waals surface area contributed by atoms with Gasteiger partial charge in [-0.25, -0.2) is 19.9 Å². The van der Waals surface area contributed by atoms with Crippen molar-refractivity contribution in [3.8, 4) is 0 Å². The number of benzene rings is 2. The van der Waals surface area contributed by atoms with Crippen molar-refractivity contribution in [3.63, 3.8) is 0 Å². The standard InChI is InChI=1S/C22H21ClN4/c1-4-21-24-12-17-18(23)10-15(11-20(17)26-21)9-13(2)22-25-14(3)16-7-5-6-8-19(16)27-22/h5-8,10-13H,4,9H2,1-3H3. The summed E-state index contributed by atoms with van der Waals surface area (Å²) in [7, 11) is 0. The molecule has 0 radical (unpaired) electrons. The molecule has 0 aliphatic rings. The van der Waals surface area contributed by atoms with Crippen LogP contribution in [0.1, 0.15) is 42.7 Å². The van der Waals surface area contributed by atoms with Gasteiger partial charge in [-0.1, -0.05) is 43.6 Å². The molecule has 4 aromatic rings. The van der Waals surface area contributed by atoms with E-state index in [9.17, 15) is 0 Å². The molecule has 2 aromatic heterocycles. The highest BCUT2D eigenvalue weighted by molar-refractivity contribution is 6.35. The summed E-state index contributed by atoms with van der Waals surface area (Å²) in [4.78, 5) is 18.5. The van der Waals surface area contributed by atoms with Crippen molar-refractivity contribution in [2.24, 2.45) is 0 Å². The smallest absolute Gasteiger partial charge is 0.132 e. The molecule has 4 rings (SSSR count). The third kappa shape index (κ3) is 3.50. The zero-order valence-electron chi connectivity index (χ0n) is 15.7. The van der Waals surface area contributed by atoms with Crippen molar-refractivity contribution in [2.45, 2.75) is 39.5 Å². The number of halogens is 1. The van der Waals surface area contributed by atoms with Gasteiger partial charge in [0.05, 0.1) is 16.1 Å². The summed E-state index contributed by atoms with van der Waals surface area (Å²) in [6.45, 7) is 6.24. The maximum atomic E-state index is 6.48. The van der Waals surface area contributed by atoms with Gasteiger partial charge in [0.15, 0.2) is 0 Å². The van der Waals surface area contributed by atoms with Crippen molar-refractivity contribution < 1.29 is 0 Å². The third-order valence-electron chi connectivity index (χ3n) is 4.87. The summed E-state index contributed by atoms with van der Waals surface area (Å²) in [5.41, 5.74) is 4.03. The summed E-state index contributed by atoms with van der Waals surface area (Å²) in [5.74, 6) is 1.87. The Morgan fingerprint density at radius 1 is 1.00 bits per heavy atom. The molecule has 0 saturated carbocycles. The van der Waals surface area contributed by atoms with Gasteiger partial charge in [-0.05, 0) is 37.1 Å². The number of para-hydroxylation sites is 1. The topological polar surface area (TPSA) is 51.6 Å². The predicted molar refractivity (Wildman–Crippen MR) is 110 cm³/mol. The fraction of sp³-hybridized carbons (Fsp3) is 0.273. The molecule has 2 heterocycles. The lowest BCUT2D eigenvalue weighted by atomic mass is 9.99. The molecule has 5 heteroatoms. The maximum Gasteiger partial charge on any atom is 0.132 e. The van der Waals surface area contributed by atoms with Gasteiger partial charge >= 0.3 is 0 Å². The molecule has 4 nitrogen and oxygen atoms in total. The van der Waals surface area contributed by atoms with Gasteiger partial charge in [-0.15, -0.1) is 0 Å². The Labute approximate surface area is 163 Å². The van der Waals surface area contributed by atoms with Crippen LogP contribution < -0.4 is 0 Å². The lowest BCUT2D eigenvalue weighted by molar-refractivity contribution is 0.700. The molecule has 27 heavy (non-hydrogen) atoms. The van der Waals surface area contributed by atoms with E-state index in [1.54, 1.807) is 0 Å². The fourth-order valence-electron chi connectivity index (χ4n) is 3.40. The molecule has 0 amide bonds.